The molecule has 0 N–H and O–H groups in total. The maximum absolute atomic E-state index is 4.73. The van der Waals surface area contributed by atoms with Crippen LogP contribution < -0.4 is 0 Å². The highest BCUT2D eigenvalue weighted by Crippen LogP contribution is 2.20. The van der Waals surface area contributed by atoms with Crippen LogP contribution in [0.1, 0.15) is 42.4 Å². The largest absolute Gasteiger partial charge is 0.308 e. The molecular weight excluding hydrogens is 298 g/mol. The Hall–Kier alpha value is -1.72. The smallest absolute Gasteiger partial charge is 0.0641 e. The molecule has 0 amide bonds. The van der Waals surface area contributed by atoms with Crippen molar-refractivity contribution in [2.24, 2.45) is 0 Å². The minimum absolute atomic E-state index is 0.394. The normalized spacial score (nSPS) is 11.9. The van der Waals surface area contributed by atoms with Crippen LogP contribution >= 0.6 is 0 Å². The SMILES string of the molecule is Cc1nn(C(C)C)c(C)c1CN(CCN(C)C)Cc1cccnc1. The Balaban J connectivity index is 2.18. The predicted octanol–water partition coefficient (Wildman–Crippen LogP) is 3.04. The topological polar surface area (TPSA) is 37.2 Å². The fourth-order valence-electron chi connectivity index (χ4n) is 2.96. The first-order valence-corrected chi connectivity index (χ1v) is 8.69. The summed E-state index contributed by atoms with van der Waals surface area (Å²) in [5.41, 5.74) is 5.03. The lowest BCUT2D eigenvalue weighted by Gasteiger charge is -2.24. The second-order valence-corrected chi connectivity index (χ2v) is 7.06. The minimum Gasteiger partial charge on any atom is -0.308 e. The van der Waals surface area contributed by atoms with E-state index in [1.807, 2.05) is 18.5 Å². The van der Waals surface area contributed by atoms with Crippen LogP contribution in [0.15, 0.2) is 24.5 Å². The Morgan fingerprint density at radius 2 is 1.88 bits per heavy atom. The third-order valence-electron chi connectivity index (χ3n) is 4.34. The Morgan fingerprint density at radius 1 is 1.12 bits per heavy atom. The van der Waals surface area contributed by atoms with Gasteiger partial charge in [0.05, 0.1) is 5.69 Å². The number of hydrogen-bond donors (Lipinski definition) is 0. The standard InChI is InChI=1S/C19H31N5/c1-15(2)24-17(4)19(16(3)21-24)14-23(11-10-22(5)6)13-18-8-7-9-20-12-18/h7-9,12,15H,10-11,13-14H2,1-6H3. The molecule has 0 bridgehead atoms. The summed E-state index contributed by atoms with van der Waals surface area (Å²) in [7, 11) is 4.24. The molecule has 0 aliphatic heterocycles. The second-order valence-electron chi connectivity index (χ2n) is 7.06. The highest BCUT2D eigenvalue weighted by atomic mass is 15.3. The van der Waals surface area contributed by atoms with Crippen LogP contribution in [0.4, 0.5) is 0 Å². The van der Waals surface area contributed by atoms with Crippen molar-refractivity contribution in [3.05, 3.63) is 47.0 Å². The highest BCUT2D eigenvalue weighted by Gasteiger charge is 2.17. The van der Waals surface area contributed by atoms with Gasteiger partial charge in [-0.05, 0) is 53.4 Å². The van der Waals surface area contributed by atoms with Crippen molar-refractivity contribution >= 4 is 0 Å². The average Bonchev–Trinajstić information content (AvgIpc) is 2.81. The molecule has 0 saturated carbocycles. The minimum atomic E-state index is 0.394. The van der Waals surface area contributed by atoms with Gasteiger partial charge >= 0.3 is 0 Å². The molecular formula is C19H31N5. The van der Waals surface area contributed by atoms with Crippen molar-refractivity contribution in [2.45, 2.75) is 46.8 Å². The fourth-order valence-corrected chi connectivity index (χ4v) is 2.96. The first-order chi connectivity index (χ1) is 11.4. The lowest BCUT2D eigenvalue weighted by Crippen LogP contribution is -2.31. The maximum atomic E-state index is 4.73. The molecule has 132 valence electrons. The van der Waals surface area contributed by atoms with Gasteiger partial charge in [-0.3, -0.25) is 14.6 Å². The van der Waals surface area contributed by atoms with Gasteiger partial charge in [-0.1, -0.05) is 6.07 Å². The molecule has 0 fully saturated rings. The van der Waals surface area contributed by atoms with Gasteiger partial charge in [0.25, 0.3) is 0 Å². The molecule has 2 aromatic heterocycles. The van der Waals surface area contributed by atoms with E-state index >= 15 is 0 Å². The first-order valence-electron chi connectivity index (χ1n) is 8.69. The lowest BCUT2D eigenvalue weighted by atomic mass is 10.1. The Kier molecular flexibility index (Phi) is 6.52. The summed E-state index contributed by atoms with van der Waals surface area (Å²) in [6, 6.07) is 4.55. The van der Waals surface area contributed by atoms with E-state index < -0.39 is 0 Å². The van der Waals surface area contributed by atoms with E-state index in [-0.39, 0.29) is 0 Å². The summed E-state index contributed by atoms with van der Waals surface area (Å²) in [5, 5.41) is 4.73. The molecule has 5 nitrogen and oxygen atoms in total. The molecule has 0 atom stereocenters. The van der Waals surface area contributed by atoms with Gasteiger partial charge in [0, 0.05) is 55.9 Å². The number of likely N-dealkylation sites (N-methyl/N-ethyl adjacent to an activating group) is 1. The molecule has 2 rings (SSSR count). The van der Waals surface area contributed by atoms with E-state index in [0.717, 1.165) is 31.9 Å². The summed E-state index contributed by atoms with van der Waals surface area (Å²) in [6.45, 7) is 12.6. The Labute approximate surface area is 146 Å². The summed E-state index contributed by atoms with van der Waals surface area (Å²) in [6.07, 6.45) is 3.79. The van der Waals surface area contributed by atoms with Gasteiger partial charge in [-0.15, -0.1) is 0 Å². The van der Waals surface area contributed by atoms with Crippen LogP contribution in [0.3, 0.4) is 0 Å². The van der Waals surface area contributed by atoms with Crippen molar-refractivity contribution in [1.82, 2.24) is 24.6 Å². The summed E-state index contributed by atoms with van der Waals surface area (Å²) in [5.74, 6) is 0. The molecule has 5 heteroatoms. The molecule has 0 aromatic carbocycles. The Bertz CT molecular complexity index is 631. The predicted molar refractivity (Wildman–Crippen MR) is 99.0 cm³/mol. The first kappa shape index (κ1) is 18.6. The van der Waals surface area contributed by atoms with Gasteiger partial charge < -0.3 is 4.90 Å². The van der Waals surface area contributed by atoms with Gasteiger partial charge in [-0.2, -0.15) is 5.10 Å². The van der Waals surface area contributed by atoms with E-state index in [2.05, 4.69) is 67.3 Å². The molecule has 24 heavy (non-hydrogen) atoms. The molecule has 0 unspecified atom stereocenters. The van der Waals surface area contributed by atoms with Crippen molar-refractivity contribution < 1.29 is 0 Å². The van der Waals surface area contributed by atoms with Crippen LogP contribution in [-0.2, 0) is 13.1 Å². The number of nitrogens with zero attached hydrogens (tertiary/aromatic N) is 5. The zero-order chi connectivity index (χ0) is 17.7. The van der Waals surface area contributed by atoms with E-state index in [0.29, 0.717) is 6.04 Å². The van der Waals surface area contributed by atoms with Crippen LogP contribution in [0.25, 0.3) is 0 Å². The third-order valence-corrected chi connectivity index (χ3v) is 4.34. The van der Waals surface area contributed by atoms with Crippen molar-refractivity contribution in [3.63, 3.8) is 0 Å². The zero-order valence-corrected chi connectivity index (χ0v) is 16.0. The molecule has 2 heterocycles. The summed E-state index contributed by atoms with van der Waals surface area (Å²) in [4.78, 5) is 8.96. The molecule has 0 saturated heterocycles. The van der Waals surface area contributed by atoms with Gasteiger partial charge in [0.2, 0.25) is 0 Å². The van der Waals surface area contributed by atoms with Crippen molar-refractivity contribution in [3.8, 4) is 0 Å². The number of rotatable bonds is 8. The van der Waals surface area contributed by atoms with Crippen molar-refractivity contribution in [2.75, 3.05) is 27.2 Å². The second kappa shape index (κ2) is 8.40. The number of aromatic nitrogens is 3. The lowest BCUT2D eigenvalue weighted by molar-refractivity contribution is 0.225. The van der Waals surface area contributed by atoms with Crippen LogP contribution in [0.5, 0.6) is 0 Å². The molecule has 0 spiro atoms. The quantitative estimate of drug-likeness (QED) is 0.746. The number of hydrogen-bond acceptors (Lipinski definition) is 4. The molecule has 0 aliphatic rings. The van der Waals surface area contributed by atoms with Gasteiger partial charge in [-0.25, -0.2) is 0 Å². The Morgan fingerprint density at radius 3 is 2.42 bits per heavy atom. The van der Waals surface area contributed by atoms with E-state index in [1.165, 1.54) is 16.8 Å². The average molecular weight is 329 g/mol. The third kappa shape index (κ3) is 4.89. The number of pyridine rings is 1. The molecule has 0 radical (unpaired) electrons. The van der Waals surface area contributed by atoms with Crippen LogP contribution in [0.2, 0.25) is 0 Å². The van der Waals surface area contributed by atoms with E-state index in [1.54, 1.807) is 0 Å². The molecule has 2 aromatic rings. The zero-order valence-electron chi connectivity index (χ0n) is 16.0. The summed E-state index contributed by atoms with van der Waals surface area (Å²) < 4.78 is 2.14. The fraction of sp³-hybridized carbons (Fsp3) is 0.579. The summed E-state index contributed by atoms with van der Waals surface area (Å²) >= 11 is 0. The molecule has 0 aliphatic carbocycles. The van der Waals surface area contributed by atoms with Crippen LogP contribution in [0, 0.1) is 13.8 Å². The van der Waals surface area contributed by atoms with E-state index in [4.69, 9.17) is 5.10 Å². The van der Waals surface area contributed by atoms with Gasteiger partial charge in [0.15, 0.2) is 0 Å². The highest BCUT2D eigenvalue weighted by molar-refractivity contribution is 5.25. The van der Waals surface area contributed by atoms with Crippen molar-refractivity contribution in [1.29, 1.82) is 0 Å². The van der Waals surface area contributed by atoms with E-state index in [9.17, 15) is 0 Å². The maximum Gasteiger partial charge on any atom is 0.0641 e. The van der Waals surface area contributed by atoms with Gasteiger partial charge in [0.1, 0.15) is 0 Å². The number of aryl methyl sites for hydroxylation is 1. The van der Waals surface area contributed by atoms with Crippen LogP contribution in [-0.4, -0.2) is 51.7 Å². The monoisotopic (exact) mass is 329 g/mol.